The van der Waals surface area contributed by atoms with Crippen LogP contribution in [0.3, 0.4) is 0 Å². The second-order valence-electron chi connectivity index (χ2n) is 3.95. The molecule has 3 rings (SSSR count). The maximum absolute atomic E-state index is 3.51. The van der Waals surface area contributed by atoms with E-state index >= 15 is 0 Å². The SMILES string of the molecule is Brc1cccc(C[n+]2csc3ccccc32)c1. The fourth-order valence-corrected chi connectivity index (χ4v) is 3.26. The van der Waals surface area contributed by atoms with Gasteiger partial charge in [0, 0.05) is 16.1 Å². The summed E-state index contributed by atoms with van der Waals surface area (Å²) in [4.78, 5) is 0. The number of nitrogens with zero attached hydrogens (tertiary/aromatic N) is 1. The normalized spacial score (nSPS) is 10.9. The smallest absolute Gasteiger partial charge is 0.184 e. The minimum Gasteiger partial charge on any atom is -0.184 e. The molecule has 1 aromatic heterocycles. The number of hydrogen-bond donors (Lipinski definition) is 0. The maximum Gasteiger partial charge on any atom is 0.226 e. The zero-order valence-electron chi connectivity index (χ0n) is 9.14. The molecule has 1 nitrogen and oxygen atoms in total. The summed E-state index contributed by atoms with van der Waals surface area (Å²) in [7, 11) is 0. The van der Waals surface area contributed by atoms with Gasteiger partial charge < -0.3 is 0 Å². The van der Waals surface area contributed by atoms with Crippen LogP contribution in [0.5, 0.6) is 0 Å². The lowest BCUT2D eigenvalue weighted by atomic mass is 10.2. The van der Waals surface area contributed by atoms with E-state index in [2.05, 4.69) is 74.5 Å². The van der Waals surface area contributed by atoms with Crippen LogP contribution >= 0.6 is 27.3 Å². The molecule has 3 heteroatoms. The van der Waals surface area contributed by atoms with E-state index in [-0.39, 0.29) is 0 Å². The molecule has 0 radical (unpaired) electrons. The number of para-hydroxylation sites is 1. The molecule has 1 heterocycles. The van der Waals surface area contributed by atoms with Crippen molar-refractivity contribution in [2.75, 3.05) is 0 Å². The van der Waals surface area contributed by atoms with Gasteiger partial charge in [-0.2, -0.15) is 4.57 Å². The molecule has 0 saturated carbocycles. The van der Waals surface area contributed by atoms with Crippen molar-refractivity contribution in [1.29, 1.82) is 0 Å². The van der Waals surface area contributed by atoms with Crippen molar-refractivity contribution in [3.05, 3.63) is 64.1 Å². The summed E-state index contributed by atoms with van der Waals surface area (Å²) in [5.74, 6) is 0. The summed E-state index contributed by atoms with van der Waals surface area (Å²) in [6, 6.07) is 17.0. The highest BCUT2D eigenvalue weighted by molar-refractivity contribution is 9.10. The van der Waals surface area contributed by atoms with Crippen molar-refractivity contribution in [3.8, 4) is 0 Å². The molecule has 0 saturated heterocycles. The van der Waals surface area contributed by atoms with Crippen LogP contribution < -0.4 is 4.57 Å². The van der Waals surface area contributed by atoms with Crippen LogP contribution in [-0.2, 0) is 6.54 Å². The first kappa shape index (κ1) is 10.9. The van der Waals surface area contributed by atoms with Gasteiger partial charge in [-0.15, -0.1) is 0 Å². The number of hydrogen-bond acceptors (Lipinski definition) is 1. The molecule has 17 heavy (non-hydrogen) atoms. The van der Waals surface area contributed by atoms with Crippen LogP contribution in [0.25, 0.3) is 10.2 Å². The molecular weight excluding hydrogens is 294 g/mol. The number of aromatic nitrogens is 1. The van der Waals surface area contributed by atoms with Gasteiger partial charge in [0.25, 0.3) is 0 Å². The topological polar surface area (TPSA) is 3.88 Å². The fraction of sp³-hybridized carbons (Fsp3) is 0.0714. The number of thiazole rings is 1. The molecular formula is C14H11BrNS+. The Balaban J connectivity index is 2.00. The highest BCUT2D eigenvalue weighted by Crippen LogP contribution is 2.16. The summed E-state index contributed by atoms with van der Waals surface area (Å²) in [5, 5.41) is 0. The van der Waals surface area contributed by atoms with Crippen molar-refractivity contribution in [2.24, 2.45) is 0 Å². The van der Waals surface area contributed by atoms with Gasteiger partial charge in [0.05, 0.1) is 0 Å². The monoisotopic (exact) mass is 304 g/mol. The first-order chi connectivity index (χ1) is 8.33. The Bertz CT molecular complexity index is 660. The standard InChI is InChI=1S/C14H11BrNS/c15-12-5-3-4-11(8-12)9-16-10-17-14-7-2-1-6-13(14)16/h1-8,10H,9H2/q+1. The van der Waals surface area contributed by atoms with E-state index in [0.29, 0.717) is 0 Å². The van der Waals surface area contributed by atoms with Gasteiger partial charge in [0.15, 0.2) is 6.54 Å². The van der Waals surface area contributed by atoms with Crippen molar-refractivity contribution in [3.63, 3.8) is 0 Å². The van der Waals surface area contributed by atoms with Crippen LogP contribution in [0.4, 0.5) is 0 Å². The van der Waals surface area contributed by atoms with E-state index in [4.69, 9.17) is 0 Å². The lowest BCUT2D eigenvalue weighted by molar-refractivity contribution is -0.658. The molecule has 0 fully saturated rings. The molecule has 0 spiro atoms. The molecule has 84 valence electrons. The number of benzene rings is 2. The van der Waals surface area contributed by atoms with Crippen molar-refractivity contribution < 1.29 is 4.57 Å². The molecule has 0 aliphatic carbocycles. The van der Waals surface area contributed by atoms with Crippen molar-refractivity contribution in [2.45, 2.75) is 6.54 Å². The largest absolute Gasteiger partial charge is 0.226 e. The average molecular weight is 305 g/mol. The first-order valence-electron chi connectivity index (χ1n) is 5.43. The Morgan fingerprint density at radius 3 is 2.82 bits per heavy atom. The predicted octanol–water partition coefficient (Wildman–Crippen LogP) is 4.00. The Morgan fingerprint density at radius 2 is 1.94 bits per heavy atom. The zero-order valence-corrected chi connectivity index (χ0v) is 11.5. The summed E-state index contributed by atoms with van der Waals surface area (Å²) >= 11 is 5.30. The van der Waals surface area contributed by atoms with Gasteiger partial charge in [-0.1, -0.05) is 51.5 Å². The quantitative estimate of drug-likeness (QED) is 0.630. The Morgan fingerprint density at radius 1 is 1.06 bits per heavy atom. The molecule has 0 N–H and O–H groups in total. The Hall–Kier alpha value is -1.19. The van der Waals surface area contributed by atoms with Gasteiger partial charge in [0.1, 0.15) is 4.70 Å². The zero-order chi connectivity index (χ0) is 11.7. The van der Waals surface area contributed by atoms with Crippen molar-refractivity contribution in [1.82, 2.24) is 0 Å². The van der Waals surface area contributed by atoms with E-state index in [0.717, 1.165) is 11.0 Å². The molecule has 0 atom stereocenters. The summed E-state index contributed by atoms with van der Waals surface area (Å²) in [6.45, 7) is 0.920. The minimum absolute atomic E-state index is 0.920. The highest BCUT2D eigenvalue weighted by Gasteiger charge is 2.11. The highest BCUT2D eigenvalue weighted by atomic mass is 79.9. The molecule has 2 aromatic carbocycles. The third-order valence-electron chi connectivity index (χ3n) is 2.72. The van der Waals surface area contributed by atoms with E-state index in [1.807, 2.05) is 0 Å². The van der Waals surface area contributed by atoms with Gasteiger partial charge in [-0.25, -0.2) is 0 Å². The number of fused-ring (bicyclic) bond motifs is 1. The summed E-state index contributed by atoms with van der Waals surface area (Å²) < 4.78 is 4.76. The van der Waals surface area contributed by atoms with Gasteiger partial charge >= 0.3 is 0 Å². The second kappa shape index (κ2) is 4.59. The van der Waals surface area contributed by atoms with E-state index in [1.165, 1.54) is 15.8 Å². The average Bonchev–Trinajstić information content (AvgIpc) is 2.73. The Labute approximate surface area is 112 Å². The fourth-order valence-electron chi connectivity index (χ4n) is 1.93. The third kappa shape index (κ3) is 2.26. The second-order valence-corrected chi connectivity index (χ2v) is 5.75. The number of rotatable bonds is 2. The Kier molecular flexibility index (Phi) is 2.95. The van der Waals surface area contributed by atoms with E-state index in [9.17, 15) is 0 Å². The predicted molar refractivity (Wildman–Crippen MR) is 75.3 cm³/mol. The van der Waals surface area contributed by atoms with Crippen LogP contribution in [0, 0.1) is 0 Å². The van der Waals surface area contributed by atoms with Gasteiger partial charge in [-0.3, -0.25) is 0 Å². The molecule has 3 aromatic rings. The number of halogens is 1. The van der Waals surface area contributed by atoms with E-state index < -0.39 is 0 Å². The molecule has 0 bridgehead atoms. The van der Waals surface area contributed by atoms with Crippen LogP contribution in [0.1, 0.15) is 5.56 Å². The van der Waals surface area contributed by atoms with Crippen molar-refractivity contribution >= 4 is 37.5 Å². The van der Waals surface area contributed by atoms with Crippen LogP contribution in [0.2, 0.25) is 0 Å². The first-order valence-corrected chi connectivity index (χ1v) is 7.10. The molecule has 0 aliphatic heterocycles. The molecule has 0 unspecified atom stereocenters. The maximum atomic E-state index is 3.51. The molecule has 0 aliphatic rings. The van der Waals surface area contributed by atoms with Gasteiger partial charge in [-0.05, 0) is 18.2 Å². The van der Waals surface area contributed by atoms with E-state index in [1.54, 1.807) is 11.3 Å². The summed E-state index contributed by atoms with van der Waals surface area (Å²) in [6.07, 6.45) is 0. The minimum atomic E-state index is 0.920. The van der Waals surface area contributed by atoms with Crippen LogP contribution in [0.15, 0.2) is 58.5 Å². The molecule has 0 amide bonds. The lowest BCUT2D eigenvalue weighted by Crippen LogP contribution is -2.31. The third-order valence-corrected chi connectivity index (χ3v) is 4.18. The van der Waals surface area contributed by atoms with Gasteiger partial charge in [0.2, 0.25) is 11.0 Å². The lowest BCUT2D eigenvalue weighted by Gasteiger charge is -1.97. The van der Waals surface area contributed by atoms with Crippen LogP contribution in [-0.4, -0.2) is 0 Å². The summed E-state index contributed by atoms with van der Waals surface area (Å²) in [5.41, 5.74) is 4.80.